The Balaban J connectivity index is 1.58. The smallest absolute Gasteiger partial charge is 0.244 e. The van der Waals surface area contributed by atoms with Gasteiger partial charge in [0.15, 0.2) is 0 Å². The number of nitrogens with one attached hydrogen (secondary N) is 1. The molecule has 2 aliphatic heterocycles. The minimum Gasteiger partial charge on any atom is -0.465 e. The summed E-state index contributed by atoms with van der Waals surface area (Å²) < 4.78 is 10.8. The lowest BCUT2D eigenvalue weighted by Crippen LogP contribution is -2.59. The van der Waals surface area contributed by atoms with E-state index >= 15 is 0 Å². The Morgan fingerprint density at radius 1 is 1.26 bits per heavy atom. The molecule has 5 nitrogen and oxygen atoms in total. The zero-order valence-corrected chi connectivity index (χ0v) is 13.6. The van der Waals surface area contributed by atoms with Crippen LogP contribution in [0.1, 0.15) is 37.9 Å². The summed E-state index contributed by atoms with van der Waals surface area (Å²) in [5.41, 5.74) is 0.0624. The average molecular weight is 318 g/mol. The first-order chi connectivity index (χ1) is 11.3. The summed E-state index contributed by atoms with van der Waals surface area (Å²) in [7, 11) is 0. The van der Waals surface area contributed by atoms with Crippen molar-refractivity contribution < 1.29 is 13.9 Å². The summed E-state index contributed by atoms with van der Waals surface area (Å²) in [5, 5.41) is 3.09. The maximum atomic E-state index is 12.1. The Kier molecular flexibility index (Phi) is 5.51. The highest BCUT2D eigenvalue weighted by Gasteiger charge is 2.38. The fourth-order valence-electron chi connectivity index (χ4n) is 3.58. The van der Waals surface area contributed by atoms with Crippen LogP contribution >= 0.6 is 0 Å². The highest BCUT2D eigenvalue weighted by Crippen LogP contribution is 2.30. The van der Waals surface area contributed by atoms with Gasteiger partial charge in [-0.15, -0.1) is 0 Å². The van der Waals surface area contributed by atoms with Crippen molar-refractivity contribution in [1.29, 1.82) is 0 Å². The largest absolute Gasteiger partial charge is 0.465 e. The van der Waals surface area contributed by atoms with E-state index in [2.05, 4.69) is 10.2 Å². The molecule has 126 valence electrons. The molecule has 0 saturated carbocycles. The molecule has 1 amide bonds. The molecule has 3 heterocycles. The highest BCUT2D eigenvalue weighted by atomic mass is 16.5. The van der Waals surface area contributed by atoms with Gasteiger partial charge in [0.25, 0.3) is 0 Å². The number of carbonyl (C=O) groups is 1. The number of ether oxygens (including phenoxy) is 1. The van der Waals surface area contributed by atoms with Crippen LogP contribution in [0.15, 0.2) is 28.9 Å². The molecule has 23 heavy (non-hydrogen) atoms. The molecule has 5 heteroatoms. The molecule has 3 rings (SSSR count). The minimum atomic E-state index is -0.0655. The zero-order chi connectivity index (χ0) is 16.0. The van der Waals surface area contributed by atoms with Gasteiger partial charge in [0.05, 0.1) is 6.26 Å². The van der Waals surface area contributed by atoms with Crippen LogP contribution < -0.4 is 5.32 Å². The Labute approximate surface area is 137 Å². The quantitative estimate of drug-likeness (QED) is 0.847. The van der Waals surface area contributed by atoms with Crippen molar-refractivity contribution in [2.45, 2.75) is 37.6 Å². The van der Waals surface area contributed by atoms with Gasteiger partial charge in [-0.3, -0.25) is 9.69 Å². The van der Waals surface area contributed by atoms with E-state index in [1.54, 1.807) is 18.4 Å². The van der Waals surface area contributed by atoms with Crippen LogP contribution in [-0.4, -0.2) is 49.2 Å². The number of likely N-dealkylation sites (tertiary alicyclic amines) is 1. The SMILES string of the molecule is O=C(/C=C/c1ccco1)NCC1(N2CCCCC2)CCOCC1. The van der Waals surface area contributed by atoms with Gasteiger partial charge in [-0.05, 0) is 57.0 Å². The standard InChI is InChI=1S/C18H26N2O3/c21-17(7-6-16-5-4-12-23-16)19-15-18(8-13-22-14-9-18)20-10-2-1-3-11-20/h4-7,12H,1-3,8-11,13-15H2,(H,19,21)/b7-6+. The molecule has 0 bridgehead atoms. The van der Waals surface area contributed by atoms with Crippen molar-refractivity contribution in [2.75, 3.05) is 32.8 Å². The van der Waals surface area contributed by atoms with Gasteiger partial charge in [-0.2, -0.15) is 0 Å². The van der Waals surface area contributed by atoms with E-state index in [0.29, 0.717) is 12.3 Å². The molecule has 2 saturated heterocycles. The summed E-state index contributed by atoms with van der Waals surface area (Å²) in [4.78, 5) is 14.7. The molecule has 0 unspecified atom stereocenters. The molecular weight excluding hydrogens is 292 g/mol. The van der Waals surface area contributed by atoms with Gasteiger partial charge >= 0.3 is 0 Å². The number of amides is 1. The fourth-order valence-corrected chi connectivity index (χ4v) is 3.58. The molecule has 0 aliphatic carbocycles. The number of rotatable bonds is 5. The third kappa shape index (κ3) is 4.24. The normalized spacial score (nSPS) is 22.3. The van der Waals surface area contributed by atoms with Crippen LogP contribution in [0.3, 0.4) is 0 Å². The first-order valence-corrected chi connectivity index (χ1v) is 8.61. The number of furan rings is 1. The molecule has 0 aromatic carbocycles. The molecule has 1 aromatic heterocycles. The highest BCUT2D eigenvalue weighted by molar-refractivity contribution is 5.91. The average Bonchev–Trinajstić information content (AvgIpc) is 3.13. The van der Waals surface area contributed by atoms with Gasteiger partial charge in [-0.1, -0.05) is 6.42 Å². The molecule has 1 aromatic rings. The first-order valence-electron chi connectivity index (χ1n) is 8.61. The van der Waals surface area contributed by atoms with E-state index in [-0.39, 0.29) is 11.4 Å². The monoisotopic (exact) mass is 318 g/mol. The van der Waals surface area contributed by atoms with E-state index in [1.807, 2.05) is 12.1 Å². The van der Waals surface area contributed by atoms with Crippen molar-refractivity contribution in [1.82, 2.24) is 10.2 Å². The Morgan fingerprint density at radius 3 is 2.74 bits per heavy atom. The summed E-state index contributed by atoms with van der Waals surface area (Å²) in [6, 6.07) is 3.64. The predicted octanol–water partition coefficient (Wildman–Crippen LogP) is 2.44. The third-order valence-electron chi connectivity index (χ3n) is 4.98. The fraction of sp³-hybridized carbons (Fsp3) is 0.611. The maximum absolute atomic E-state index is 12.1. The number of carbonyl (C=O) groups excluding carboxylic acids is 1. The second kappa shape index (κ2) is 7.79. The van der Waals surface area contributed by atoms with E-state index < -0.39 is 0 Å². The van der Waals surface area contributed by atoms with Crippen molar-refractivity contribution in [3.63, 3.8) is 0 Å². The topological polar surface area (TPSA) is 54.7 Å². The molecule has 0 spiro atoms. The molecule has 2 fully saturated rings. The summed E-state index contributed by atoms with van der Waals surface area (Å²) in [5.74, 6) is 0.626. The van der Waals surface area contributed by atoms with Crippen molar-refractivity contribution in [3.8, 4) is 0 Å². The van der Waals surface area contributed by atoms with Crippen LogP contribution in [-0.2, 0) is 9.53 Å². The van der Waals surface area contributed by atoms with Crippen LogP contribution in [0.5, 0.6) is 0 Å². The van der Waals surface area contributed by atoms with Crippen LogP contribution in [0.4, 0.5) is 0 Å². The van der Waals surface area contributed by atoms with E-state index in [0.717, 1.165) is 39.1 Å². The molecular formula is C18H26N2O3. The van der Waals surface area contributed by atoms with Crippen molar-refractivity contribution in [2.24, 2.45) is 0 Å². The second-order valence-electron chi connectivity index (χ2n) is 6.45. The minimum absolute atomic E-state index is 0.0624. The van der Waals surface area contributed by atoms with Gasteiger partial charge in [0.2, 0.25) is 5.91 Å². The molecule has 1 N–H and O–H groups in total. The maximum Gasteiger partial charge on any atom is 0.244 e. The van der Waals surface area contributed by atoms with Crippen LogP contribution in [0, 0.1) is 0 Å². The number of piperidine rings is 1. The molecule has 0 radical (unpaired) electrons. The lowest BCUT2D eigenvalue weighted by atomic mass is 9.86. The van der Waals surface area contributed by atoms with Gasteiger partial charge in [-0.25, -0.2) is 0 Å². The van der Waals surface area contributed by atoms with E-state index in [9.17, 15) is 4.79 Å². The van der Waals surface area contributed by atoms with Crippen molar-refractivity contribution >= 4 is 12.0 Å². The van der Waals surface area contributed by atoms with Crippen LogP contribution in [0.2, 0.25) is 0 Å². The number of nitrogens with zero attached hydrogens (tertiary/aromatic N) is 1. The van der Waals surface area contributed by atoms with Gasteiger partial charge < -0.3 is 14.5 Å². The Hall–Kier alpha value is -1.59. The number of hydrogen-bond acceptors (Lipinski definition) is 4. The molecule has 0 atom stereocenters. The first kappa shape index (κ1) is 16.3. The Bertz CT molecular complexity index is 512. The van der Waals surface area contributed by atoms with E-state index in [1.165, 1.54) is 19.3 Å². The Morgan fingerprint density at radius 2 is 2.04 bits per heavy atom. The zero-order valence-electron chi connectivity index (χ0n) is 13.6. The lowest BCUT2D eigenvalue weighted by molar-refractivity contribution is -0.118. The lowest BCUT2D eigenvalue weighted by Gasteiger charge is -2.48. The van der Waals surface area contributed by atoms with Gasteiger partial charge in [0.1, 0.15) is 5.76 Å². The summed E-state index contributed by atoms with van der Waals surface area (Å²) in [6.45, 7) is 4.54. The predicted molar refractivity (Wildman–Crippen MR) is 89.0 cm³/mol. The van der Waals surface area contributed by atoms with E-state index in [4.69, 9.17) is 9.15 Å². The van der Waals surface area contributed by atoms with Crippen LogP contribution in [0.25, 0.3) is 6.08 Å². The van der Waals surface area contributed by atoms with Crippen molar-refractivity contribution in [3.05, 3.63) is 30.2 Å². The number of hydrogen-bond donors (Lipinski definition) is 1. The second-order valence-corrected chi connectivity index (χ2v) is 6.45. The summed E-state index contributed by atoms with van der Waals surface area (Å²) in [6.07, 6.45) is 10.7. The third-order valence-corrected chi connectivity index (χ3v) is 4.98. The van der Waals surface area contributed by atoms with Gasteiger partial charge in [0, 0.05) is 31.4 Å². The molecule has 2 aliphatic rings. The summed E-state index contributed by atoms with van der Waals surface area (Å²) >= 11 is 0.